The Balaban J connectivity index is 0. The Labute approximate surface area is 248 Å². The van der Waals surface area contributed by atoms with E-state index in [-0.39, 0.29) is 7.43 Å². The summed E-state index contributed by atoms with van der Waals surface area (Å²) >= 11 is 4.74. The SMILES string of the molecule is C.COC1(COC(C)=O)O[C@H](CF)[C@@H](OC(C)=O)[C@@H]1OC(C)=O.OCC1(O)O[C@H](CF)[C@@H](O)[C@@H]1O.[I][V][I]. The zero-order valence-electron chi connectivity index (χ0n) is 20.2. The molecule has 0 aromatic carbocycles. The molecule has 0 amide bonds. The average Bonchev–Trinajstić information content (AvgIpc) is 3.24. The predicted octanol–water partition coefficient (Wildman–Crippen LogP) is 0.286. The van der Waals surface area contributed by atoms with Gasteiger partial charge in [-0.2, -0.15) is 0 Å². The number of carbonyl (C=O) groups excluding carboxylic acids is 3. The van der Waals surface area contributed by atoms with E-state index in [1.165, 1.54) is 7.11 Å². The first-order chi connectivity index (χ1) is 17.2. The second-order valence-corrected chi connectivity index (χ2v) is 19.3. The van der Waals surface area contributed by atoms with Gasteiger partial charge in [0.05, 0.1) is 6.61 Å². The summed E-state index contributed by atoms with van der Waals surface area (Å²) in [5.41, 5.74) is 0. The number of aliphatic hydroxyl groups is 4. The maximum atomic E-state index is 13.2. The molecule has 2 aliphatic heterocycles. The van der Waals surface area contributed by atoms with Crippen molar-refractivity contribution in [3.8, 4) is 0 Å². The number of carbonyl (C=O) groups is 3. The van der Waals surface area contributed by atoms with Crippen molar-refractivity contribution in [1.82, 2.24) is 0 Å². The first kappa shape index (κ1) is 40.2. The number of ether oxygens (including phenoxy) is 6. The van der Waals surface area contributed by atoms with Gasteiger partial charge in [-0.15, -0.1) is 0 Å². The van der Waals surface area contributed by atoms with E-state index in [1.54, 1.807) is 0 Å². The molecule has 0 aromatic heterocycles. The van der Waals surface area contributed by atoms with Gasteiger partial charge in [0.15, 0.2) is 12.2 Å². The fourth-order valence-corrected chi connectivity index (χ4v) is 3.29. The number of esters is 3. The van der Waals surface area contributed by atoms with Crippen LogP contribution < -0.4 is 0 Å². The van der Waals surface area contributed by atoms with Crippen LogP contribution >= 0.6 is 40.0 Å². The van der Waals surface area contributed by atoms with Gasteiger partial charge in [0.2, 0.25) is 11.6 Å². The fourth-order valence-electron chi connectivity index (χ4n) is 3.29. The second kappa shape index (κ2) is 19.2. The van der Waals surface area contributed by atoms with E-state index in [9.17, 15) is 28.3 Å². The van der Waals surface area contributed by atoms with Crippen molar-refractivity contribution in [3.63, 3.8) is 0 Å². The Morgan fingerprint density at radius 3 is 1.79 bits per heavy atom. The molecule has 0 aromatic rings. The Bertz CT molecular complexity index is 743. The summed E-state index contributed by atoms with van der Waals surface area (Å²) in [6.07, 6.45) is -8.18. The molecule has 38 heavy (non-hydrogen) atoms. The number of hydrogen-bond donors (Lipinski definition) is 4. The van der Waals surface area contributed by atoms with Crippen molar-refractivity contribution in [2.45, 2.75) is 76.4 Å². The molecule has 8 atom stereocenters. The van der Waals surface area contributed by atoms with E-state index in [0.717, 1.165) is 20.8 Å². The Kier molecular flexibility index (Phi) is 20.3. The van der Waals surface area contributed by atoms with Crippen molar-refractivity contribution in [3.05, 3.63) is 0 Å². The summed E-state index contributed by atoms with van der Waals surface area (Å²) in [6.45, 7) is 0.0301. The topological polar surface area (TPSA) is 188 Å². The molecule has 225 valence electrons. The molecule has 0 radical (unpaired) electrons. The molecule has 0 bridgehead atoms. The van der Waals surface area contributed by atoms with Crippen molar-refractivity contribution in [2.24, 2.45) is 0 Å². The van der Waals surface area contributed by atoms with Crippen molar-refractivity contribution < 1.29 is 81.5 Å². The van der Waals surface area contributed by atoms with E-state index < -0.39 is 92.7 Å². The van der Waals surface area contributed by atoms with Gasteiger partial charge < -0.3 is 48.8 Å². The van der Waals surface area contributed by atoms with Gasteiger partial charge >= 0.3 is 67.3 Å². The minimum absolute atomic E-state index is 0. The molecule has 18 heteroatoms. The summed E-state index contributed by atoms with van der Waals surface area (Å²) in [5.74, 6) is -6.04. The van der Waals surface area contributed by atoms with Gasteiger partial charge in [-0.1, -0.05) is 7.43 Å². The monoisotopic (exact) mass is 825 g/mol. The number of aliphatic hydroxyl groups excluding tert-OH is 3. The van der Waals surface area contributed by atoms with Gasteiger partial charge in [-0.05, 0) is 0 Å². The van der Waals surface area contributed by atoms with Crippen molar-refractivity contribution >= 4 is 57.9 Å². The normalized spacial score (nSPS) is 33.4. The van der Waals surface area contributed by atoms with Crippen LogP contribution in [0.3, 0.4) is 0 Å². The van der Waals surface area contributed by atoms with Crippen LogP contribution in [-0.4, -0.2) is 120 Å². The molecule has 13 nitrogen and oxygen atoms in total. The fraction of sp³-hybridized carbons (Fsp3) is 0.850. The third-order valence-electron chi connectivity index (χ3n) is 4.92. The third-order valence-corrected chi connectivity index (χ3v) is 4.92. The van der Waals surface area contributed by atoms with Crippen LogP contribution in [0.2, 0.25) is 0 Å². The Morgan fingerprint density at radius 2 is 1.47 bits per heavy atom. The first-order valence-corrected chi connectivity index (χ1v) is 19.4. The zero-order valence-corrected chi connectivity index (χ0v) is 25.9. The van der Waals surface area contributed by atoms with Crippen LogP contribution in [-0.2, 0) is 52.3 Å². The molecule has 2 fully saturated rings. The standard InChI is InChI=1S/C13H19FO8.C6H11FO5.CH4.2HI.V/c1-7(15)19-6-13(18-4)12(21-9(3)17)11(20-8(2)16)10(5-14)22-13;7-1-3-4(9)5(10)6(11,2-8)12-3;;;;/h10-12H,5-6H2,1-4H3;3-5,8-11H,1-2H2;1H4;2*1H;/q;;;;;+2/p-2/t10-,11-,12+,13?;3-,4-,5+,6?;;;;/m11..../s1. The quantitative estimate of drug-likeness (QED) is 0.149. The molecule has 2 rings (SSSR count). The van der Waals surface area contributed by atoms with Crippen LogP contribution in [0.5, 0.6) is 0 Å². The molecule has 4 N–H and O–H groups in total. The minimum atomic E-state index is -2.24. The van der Waals surface area contributed by atoms with Crippen LogP contribution in [0.1, 0.15) is 28.2 Å². The number of rotatable bonds is 8. The van der Waals surface area contributed by atoms with E-state index in [0.29, 0.717) is 9.47 Å². The summed E-state index contributed by atoms with van der Waals surface area (Å²) in [4.78, 5) is 33.5. The van der Waals surface area contributed by atoms with Gasteiger partial charge in [-0.3, -0.25) is 14.4 Å². The van der Waals surface area contributed by atoms with E-state index in [4.69, 9.17) is 39.0 Å². The van der Waals surface area contributed by atoms with Gasteiger partial charge in [0.25, 0.3) is 0 Å². The van der Waals surface area contributed by atoms with E-state index >= 15 is 0 Å². The van der Waals surface area contributed by atoms with Gasteiger partial charge in [0, 0.05) is 27.9 Å². The number of hydrogen-bond acceptors (Lipinski definition) is 13. The number of halogens is 4. The summed E-state index contributed by atoms with van der Waals surface area (Å²) in [5, 5.41) is 35.9. The van der Waals surface area contributed by atoms with Crippen molar-refractivity contribution in [1.29, 1.82) is 0 Å². The number of methoxy groups -OCH3 is 1. The number of alkyl halides is 2. The molecule has 2 aliphatic rings. The average molecular weight is 825 g/mol. The summed E-state index contributed by atoms with van der Waals surface area (Å²) < 4.78 is 55.1. The Hall–Kier alpha value is 0.0344. The molecular weight excluding hydrogens is 791 g/mol. The maximum absolute atomic E-state index is 13.2. The molecule has 0 saturated carbocycles. The molecular formula is C20H34F2I2O13V. The predicted molar refractivity (Wildman–Crippen MR) is 138 cm³/mol. The summed E-state index contributed by atoms with van der Waals surface area (Å²) in [7, 11) is 1.84. The summed E-state index contributed by atoms with van der Waals surface area (Å²) in [6, 6.07) is 0. The zero-order chi connectivity index (χ0) is 29.0. The molecule has 0 aliphatic carbocycles. The van der Waals surface area contributed by atoms with Crippen LogP contribution in [0.25, 0.3) is 0 Å². The molecule has 2 unspecified atom stereocenters. The molecule has 2 heterocycles. The van der Waals surface area contributed by atoms with E-state index in [2.05, 4.69) is 44.7 Å². The first-order valence-electron chi connectivity index (χ1n) is 10.3. The third kappa shape index (κ3) is 11.5. The van der Waals surface area contributed by atoms with Crippen LogP contribution in [0.4, 0.5) is 8.78 Å². The van der Waals surface area contributed by atoms with Crippen LogP contribution in [0, 0.1) is 0 Å². The van der Waals surface area contributed by atoms with Gasteiger partial charge in [0.1, 0.15) is 44.4 Å². The second-order valence-electron chi connectivity index (χ2n) is 7.52. The van der Waals surface area contributed by atoms with Crippen LogP contribution in [0.15, 0.2) is 0 Å². The molecule has 0 spiro atoms. The van der Waals surface area contributed by atoms with Gasteiger partial charge in [-0.25, -0.2) is 8.78 Å². The van der Waals surface area contributed by atoms with E-state index in [1.807, 2.05) is 0 Å². The van der Waals surface area contributed by atoms with Crippen molar-refractivity contribution in [2.75, 3.05) is 33.7 Å². The molecule has 2 saturated heterocycles. The Morgan fingerprint density at radius 1 is 0.974 bits per heavy atom.